The Morgan fingerprint density at radius 3 is 2.28 bits per heavy atom. The molecule has 18 heavy (non-hydrogen) atoms. The highest BCUT2D eigenvalue weighted by atomic mass is 35.5. The fourth-order valence-corrected chi connectivity index (χ4v) is 1.86. The Labute approximate surface area is 114 Å². The van der Waals surface area contributed by atoms with Crippen LogP contribution in [0.5, 0.6) is 0 Å². The lowest BCUT2D eigenvalue weighted by atomic mass is 10.0. The summed E-state index contributed by atoms with van der Waals surface area (Å²) < 4.78 is 12.7. The van der Waals surface area contributed by atoms with Crippen LogP contribution in [0.15, 0.2) is 42.5 Å². The monoisotopic (exact) mass is 282 g/mol. The second-order valence-corrected chi connectivity index (χ2v) is 4.67. The zero-order valence-corrected chi connectivity index (χ0v) is 10.8. The minimum absolute atomic E-state index is 0.0832. The number of hydrogen-bond acceptors (Lipinski definition) is 1. The van der Waals surface area contributed by atoms with Gasteiger partial charge in [-0.2, -0.15) is 0 Å². The van der Waals surface area contributed by atoms with Crippen LogP contribution in [0.1, 0.15) is 15.9 Å². The summed E-state index contributed by atoms with van der Waals surface area (Å²) in [6.07, 6.45) is 0.207. The van der Waals surface area contributed by atoms with Gasteiger partial charge in [-0.3, -0.25) is 4.79 Å². The number of carbonyl (C=O) groups excluding carboxylic acids is 1. The van der Waals surface area contributed by atoms with Gasteiger partial charge in [-0.25, -0.2) is 4.39 Å². The summed E-state index contributed by atoms with van der Waals surface area (Å²) in [4.78, 5) is 12.0. The molecule has 2 rings (SSSR count). The molecule has 0 fully saturated rings. The van der Waals surface area contributed by atoms with Gasteiger partial charge in [-0.05, 0) is 35.9 Å². The van der Waals surface area contributed by atoms with Gasteiger partial charge >= 0.3 is 0 Å². The van der Waals surface area contributed by atoms with Gasteiger partial charge in [0, 0.05) is 12.0 Å². The lowest BCUT2D eigenvalue weighted by molar-refractivity contribution is 0.0993. The summed E-state index contributed by atoms with van der Waals surface area (Å²) in [6, 6.07) is 10.6. The van der Waals surface area contributed by atoms with Gasteiger partial charge in [0.1, 0.15) is 5.82 Å². The lowest BCUT2D eigenvalue weighted by Crippen LogP contribution is -2.03. The predicted molar refractivity (Wildman–Crippen MR) is 70.9 cm³/mol. The summed E-state index contributed by atoms with van der Waals surface area (Å²) >= 11 is 11.6. The number of carbonyl (C=O) groups is 1. The summed E-state index contributed by atoms with van der Waals surface area (Å²) in [5, 5.41) is 0.761. The minimum Gasteiger partial charge on any atom is -0.294 e. The van der Waals surface area contributed by atoms with Gasteiger partial charge in [0.2, 0.25) is 0 Å². The predicted octanol–water partition coefficient (Wildman–Crippen LogP) is 4.56. The van der Waals surface area contributed by atoms with E-state index in [1.807, 2.05) is 0 Å². The van der Waals surface area contributed by atoms with Crippen molar-refractivity contribution in [2.75, 3.05) is 0 Å². The van der Waals surface area contributed by atoms with Gasteiger partial charge in [-0.15, -0.1) is 0 Å². The molecule has 0 N–H and O–H groups in total. The fraction of sp³-hybridized carbons (Fsp3) is 0.0714. The van der Waals surface area contributed by atoms with E-state index in [1.165, 1.54) is 18.2 Å². The van der Waals surface area contributed by atoms with E-state index in [1.54, 1.807) is 24.3 Å². The van der Waals surface area contributed by atoms with E-state index in [9.17, 15) is 9.18 Å². The van der Waals surface area contributed by atoms with Gasteiger partial charge in [0.25, 0.3) is 0 Å². The van der Waals surface area contributed by atoms with Crippen molar-refractivity contribution < 1.29 is 9.18 Å². The highest BCUT2D eigenvalue weighted by Crippen LogP contribution is 2.23. The number of benzene rings is 2. The quantitative estimate of drug-likeness (QED) is 0.755. The molecule has 0 spiro atoms. The third-order valence-corrected chi connectivity index (χ3v) is 3.26. The molecule has 0 atom stereocenters. The Hall–Kier alpha value is -1.38. The first-order chi connectivity index (χ1) is 8.56. The first kappa shape index (κ1) is 13.1. The molecular weight excluding hydrogens is 274 g/mol. The molecule has 0 saturated carbocycles. The smallest absolute Gasteiger partial charge is 0.167 e. The summed E-state index contributed by atoms with van der Waals surface area (Å²) in [5.41, 5.74) is 1.25. The molecule has 0 aliphatic heterocycles. The average molecular weight is 283 g/mol. The van der Waals surface area contributed by atoms with E-state index >= 15 is 0 Å². The molecule has 0 saturated heterocycles. The Morgan fingerprint density at radius 2 is 1.67 bits per heavy atom. The molecule has 0 aromatic heterocycles. The largest absolute Gasteiger partial charge is 0.294 e. The fourth-order valence-electron chi connectivity index (χ4n) is 1.56. The van der Waals surface area contributed by atoms with Crippen molar-refractivity contribution in [3.05, 3.63) is 69.5 Å². The number of Topliss-reactive ketones (excluding diaryl/α,β-unsaturated/α-hetero) is 1. The van der Waals surface area contributed by atoms with Crippen molar-refractivity contribution in [3.8, 4) is 0 Å². The molecule has 92 valence electrons. The molecule has 0 heterocycles. The van der Waals surface area contributed by atoms with Crippen molar-refractivity contribution in [2.45, 2.75) is 6.42 Å². The zero-order valence-electron chi connectivity index (χ0n) is 9.29. The van der Waals surface area contributed by atoms with Crippen molar-refractivity contribution >= 4 is 29.0 Å². The number of hydrogen-bond donors (Lipinski definition) is 0. The Kier molecular flexibility index (Phi) is 4.00. The van der Waals surface area contributed by atoms with Gasteiger partial charge in [0.05, 0.1) is 10.0 Å². The number of rotatable bonds is 3. The van der Waals surface area contributed by atoms with Gasteiger partial charge in [0.15, 0.2) is 5.78 Å². The highest BCUT2D eigenvalue weighted by Gasteiger charge is 2.09. The SMILES string of the molecule is O=C(Cc1ccc(F)cc1)c1ccc(Cl)c(Cl)c1. The van der Waals surface area contributed by atoms with E-state index in [0.717, 1.165) is 5.56 Å². The van der Waals surface area contributed by atoms with Crippen molar-refractivity contribution in [3.63, 3.8) is 0 Å². The van der Waals surface area contributed by atoms with E-state index in [-0.39, 0.29) is 18.0 Å². The summed E-state index contributed by atoms with van der Waals surface area (Å²) in [7, 11) is 0. The van der Waals surface area contributed by atoms with E-state index in [4.69, 9.17) is 23.2 Å². The van der Waals surface area contributed by atoms with E-state index in [2.05, 4.69) is 0 Å². The maximum Gasteiger partial charge on any atom is 0.167 e. The lowest BCUT2D eigenvalue weighted by Gasteiger charge is -2.03. The summed E-state index contributed by atoms with van der Waals surface area (Å²) in [6.45, 7) is 0. The normalized spacial score (nSPS) is 10.4. The van der Waals surface area contributed by atoms with Crippen LogP contribution in [0.2, 0.25) is 10.0 Å². The van der Waals surface area contributed by atoms with Gasteiger partial charge < -0.3 is 0 Å². The topological polar surface area (TPSA) is 17.1 Å². The van der Waals surface area contributed by atoms with Crippen LogP contribution in [0.4, 0.5) is 4.39 Å². The third-order valence-electron chi connectivity index (χ3n) is 2.52. The molecule has 2 aromatic rings. The second kappa shape index (κ2) is 5.51. The molecule has 2 aromatic carbocycles. The number of ketones is 1. The van der Waals surface area contributed by atoms with Crippen LogP contribution in [-0.2, 0) is 6.42 Å². The van der Waals surface area contributed by atoms with Crippen LogP contribution < -0.4 is 0 Å². The summed E-state index contributed by atoms with van der Waals surface area (Å²) in [5.74, 6) is -0.402. The minimum atomic E-state index is -0.319. The maximum atomic E-state index is 12.7. The molecular formula is C14H9Cl2FO. The molecule has 0 unspecified atom stereocenters. The van der Waals surface area contributed by atoms with Crippen LogP contribution in [0, 0.1) is 5.82 Å². The Bertz CT molecular complexity index is 579. The van der Waals surface area contributed by atoms with Crippen LogP contribution in [-0.4, -0.2) is 5.78 Å². The standard InChI is InChI=1S/C14H9Cl2FO/c15-12-6-3-10(8-13(12)16)14(18)7-9-1-4-11(17)5-2-9/h1-6,8H,7H2. The van der Waals surface area contributed by atoms with Gasteiger partial charge in [-0.1, -0.05) is 35.3 Å². The third kappa shape index (κ3) is 3.09. The Balaban J connectivity index is 2.16. The van der Waals surface area contributed by atoms with Crippen LogP contribution in [0.3, 0.4) is 0 Å². The first-order valence-electron chi connectivity index (χ1n) is 5.29. The molecule has 0 aliphatic carbocycles. The molecule has 0 amide bonds. The highest BCUT2D eigenvalue weighted by molar-refractivity contribution is 6.42. The molecule has 0 radical (unpaired) electrons. The molecule has 0 bridgehead atoms. The van der Waals surface area contributed by atoms with Crippen molar-refractivity contribution in [1.29, 1.82) is 0 Å². The van der Waals surface area contributed by atoms with Crippen molar-refractivity contribution in [1.82, 2.24) is 0 Å². The average Bonchev–Trinajstić information content (AvgIpc) is 2.35. The second-order valence-electron chi connectivity index (χ2n) is 3.86. The zero-order chi connectivity index (χ0) is 13.1. The van der Waals surface area contributed by atoms with E-state index in [0.29, 0.717) is 15.6 Å². The molecule has 1 nitrogen and oxygen atoms in total. The van der Waals surface area contributed by atoms with Crippen LogP contribution >= 0.6 is 23.2 Å². The number of halogens is 3. The van der Waals surface area contributed by atoms with Crippen LogP contribution in [0.25, 0.3) is 0 Å². The molecule has 4 heteroatoms. The molecule has 0 aliphatic rings. The van der Waals surface area contributed by atoms with Crippen molar-refractivity contribution in [2.24, 2.45) is 0 Å². The Morgan fingerprint density at radius 1 is 1.00 bits per heavy atom. The maximum absolute atomic E-state index is 12.7. The first-order valence-corrected chi connectivity index (χ1v) is 6.04. The van der Waals surface area contributed by atoms with E-state index < -0.39 is 0 Å².